The van der Waals surface area contributed by atoms with Gasteiger partial charge >= 0.3 is 0 Å². The van der Waals surface area contributed by atoms with Crippen LogP contribution in [-0.4, -0.2) is 33.4 Å². The Labute approximate surface area is 125 Å². The van der Waals surface area contributed by atoms with Gasteiger partial charge in [-0.2, -0.15) is 0 Å². The molecule has 0 saturated heterocycles. The van der Waals surface area contributed by atoms with Crippen LogP contribution in [0.15, 0.2) is 61.7 Å². The van der Waals surface area contributed by atoms with E-state index < -0.39 is 0 Å². The highest BCUT2D eigenvalue weighted by molar-refractivity contribution is 5.80. The average Bonchev–Trinajstić information content (AvgIpc) is 3.05. The molecule has 0 unspecified atom stereocenters. The van der Waals surface area contributed by atoms with E-state index in [-0.39, 0.29) is 11.9 Å². The Morgan fingerprint density at radius 2 is 2.19 bits per heavy atom. The second-order valence-electron chi connectivity index (χ2n) is 4.99. The number of imidazole rings is 1. The second kappa shape index (κ2) is 7.43. The second-order valence-corrected chi connectivity index (χ2v) is 4.99. The minimum Gasteiger partial charge on any atom is -0.337 e. The molecule has 0 spiro atoms. The zero-order valence-electron chi connectivity index (χ0n) is 12.4. The Hall–Kier alpha value is -2.36. The highest BCUT2D eigenvalue weighted by atomic mass is 16.2. The maximum Gasteiger partial charge on any atom is 0.245 e. The number of aromatic nitrogens is 2. The number of hydrogen-bond donors (Lipinski definition) is 0. The molecule has 0 aliphatic heterocycles. The van der Waals surface area contributed by atoms with E-state index in [1.54, 1.807) is 18.6 Å². The van der Waals surface area contributed by atoms with Crippen LogP contribution in [0.5, 0.6) is 0 Å². The lowest BCUT2D eigenvalue weighted by molar-refractivity contribution is -0.133. The molecule has 21 heavy (non-hydrogen) atoms. The first-order valence-corrected chi connectivity index (χ1v) is 7.13. The highest BCUT2D eigenvalue weighted by Gasteiger charge is 2.20. The summed E-state index contributed by atoms with van der Waals surface area (Å²) in [6.45, 7) is 6.89. The maximum atomic E-state index is 12.6. The molecular weight excluding hydrogens is 262 g/mol. The van der Waals surface area contributed by atoms with E-state index in [0.717, 1.165) is 6.42 Å². The molecule has 0 fully saturated rings. The van der Waals surface area contributed by atoms with Crippen LogP contribution in [0.3, 0.4) is 0 Å². The van der Waals surface area contributed by atoms with Crippen LogP contribution in [0.25, 0.3) is 0 Å². The lowest BCUT2D eigenvalue weighted by Crippen LogP contribution is -2.37. The number of benzene rings is 1. The topological polar surface area (TPSA) is 38.1 Å². The van der Waals surface area contributed by atoms with Crippen molar-refractivity contribution in [1.29, 1.82) is 0 Å². The van der Waals surface area contributed by atoms with Crippen LogP contribution < -0.4 is 0 Å². The quantitative estimate of drug-likeness (QED) is 0.733. The Bertz CT molecular complexity index is 563. The van der Waals surface area contributed by atoms with Gasteiger partial charge in [0, 0.05) is 25.5 Å². The molecule has 4 heteroatoms. The molecule has 0 saturated carbocycles. The van der Waals surface area contributed by atoms with Gasteiger partial charge in [0.05, 0.1) is 6.33 Å². The van der Waals surface area contributed by atoms with Crippen LogP contribution >= 0.6 is 0 Å². The smallest absolute Gasteiger partial charge is 0.245 e. The Morgan fingerprint density at radius 3 is 2.81 bits per heavy atom. The lowest BCUT2D eigenvalue weighted by atomic mass is 10.1. The molecule has 1 aromatic carbocycles. The number of carbonyl (C=O) groups is 1. The SMILES string of the molecule is C=CCN(CCc1ccccc1)C(=O)[C@H](C)n1ccnc1. The molecule has 1 heterocycles. The van der Waals surface area contributed by atoms with E-state index in [2.05, 4.69) is 23.7 Å². The third kappa shape index (κ3) is 4.05. The summed E-state index contributed by atoms with van der Waals surface area (Å²) < 4.78 is 1.82. The van der Waals surface area contributed by atoms with Crippen LogP contribution in [-0.2, 0) is 11.2 Å². The Kier molecular flexibility index (Phi) is 5.32. The number of hydrogen-bond acceptors (Lipinski definition) is 2. The van der Waals surface area contributed by atoms with Crippen LogP contribution in [0.4, 0.5) is 0 Å². The van der Waals surface area contributed by atoms with Gasteiger partial charge in [0.1, 0.15) is 6.04 Å². The average molecular weight is 283 g/mol. The van der Waals surface area contributed by atoms with Crippen molar-refractivity contribution in [2.24, 2.45) is 0 Å². The highest BCUT2D eigenvalue weighted by Crippen LogP contribution is 2.11. The molecular formula is C17H21N3O. The van der Waals surface area contributed by atoms with Gasteiger partial charge in [-0.15, -0.1) is 6.58 Å². The minimum absolute atomic E-state index is 0.0869. The zero-order chi connectivity index (χ0) is 15.1. The third-order valence-corrected chi connectivity index (χ3v) is 3.50. The van der Waals surface area contributed by atoms with Gasteiger partial charge in [-0.05, 0) is 18.9 Å². The molecule has 2 rings (SSSR count). The van der Waals surface area contributed by atoms with Crippen molar-refractivity contribution in [3.63, 3.8) is 0 Å². The molecule has 1 aromatic heterocycles. The van der Waals surface area contributed by atoms with Gasteiger partial charge in [-0.3, -0.25) is 4.79 Å². The van der Waals surface area contributed by atoms with Gasteiger partial charge in [0.2, 0.25) is 5.91 Å². The molecule has 2 aromatic rings. The summed E-state index contributed by atoms with van der Waals surface area (Å²) in [6.07, 6.45) is 7.78. The molecule has 0 bridgehead atoms. The van der Waals surface area contributed by atoms with E-state index in [4.69, 9.17) is 0 Å². The van der Waals surface area contributed by atoms with E-state index in [1.165, 1.54) is 5.56 Å². The summed E-state index contributed by atoms with van der Waals surface area (Å²) in [5.41, 5.74) is 1.23. The first-order valence-electron chi connectivity index (χ1n) is 7.13. The first kappa shape index (κ1) is 15.0. The van der Waals surface area contributed by atoms with Crippen molar-refractivity contribution < 1.29 is 4.79 Å². The fourth-order valence-corrected chi connectivity index (χ4v) is 2.25. The zero-order valence-corrected chi connectivity index (χ0v) is 12.4. The van der Waals surface area contributed by atoms with E-state index >= 15 is 0 Å². The molecule has 1 amide bonds. The van der Waals surface area contributed by atoms with Crippen molar-refractivity contribution in [3.05, 3.63) is 67.3 Å². The molecule has 110 valence electrons. The predicted molar refractivity (Wildman–Crippen MR) is 83.9 cm³/mol. The molecule has 1 atom stereocenters. The number of rotatable bonds is 7. The summed E-state index contributed by atoms with van der Waals surface area (Å²) in [6, 6.07) is 9.94. The fraction of sp³-hybridized carbons (Fsp3) is 0.294. The number of carbonyl (C=O) groups excluding carboxylic acids is 1. The molecule has 4 nitrogen and oxygen atoms in total. The van der Waals surface area contributed by atoms with Gasteiger partial charge in [-0.25, -0.2) is 4.98 Å². The van der Waals surface area contributed by atoms with Gasteiger partial charge in [-0.1, -0.05) is 36.4 Å². The van der Waals surface area contributed by atoms with Crippen molar-refractivity contribution in [2.75, 3.05) is 13.1 Å². The first-order chi connectivity index (χ1) is 10.2. The summed E-state index contributed by atoms with van der Waals surface area (Å²) in [4.78, 5) is 18.4. The van der Waals surface area contributed by atoms with Crippen LogP contribution in [0.2, 0.25) is 0 Å². The normalized spacial score (nSPS) is 11.9. The van der Waals surface area contributed by atoms with Crippen molar-refractivity contribution in [1.82, 2.24) is 14.5 Å². The maximum absolute atomic E-state index is 12.6. The summed E-state index contributed by atoms with van der Waals surface area (Å²) >= 11 is 0. The van der Waals surface area contributed by atoms with Crippen LogP contribution in [0.1, 0.15) is 18.5 Å². The van der Waals surface area contributed by atoms with E-state index in [1.807, 2.05) is 40.8 Å². The standard InChI is InChI=1S/C17H21N3O/c1-3-11-19(12-9-16-7-5-4-6-8-16)17(21)15(2)20-13-10-18-14-20/h3-8,10,13-15H,1,9,11-12H2,2H3/t15-/m0/s1. The minimum atomic E-state index is -0.247. The fourth-order valence-electron chi connectivity index (χ4n) is 2.25. The lowest BCUT2D eigenvalue weighted by Gasteiger charge is -2.25. The summed E-state index contributed by atoms with van der Waals surface area (Å²) in [5, 5.41) is 0. The third-order valence-electron chi connectivity index (χ3n) is 3.50. The molecule has 0 radical (unpaired) electrons. The molecule has 0 aliphatic carbocycles. The van der Waals surface area contributed by atoms with Gasteiger partial charge in [0.15, 0.2) is 0 Å². The predicted octanol–water partition coefficient (Wildman–Crippen LogP) is 2.70. The van der Waals surface area contributed by atoms with Crippen LogP contribution in [0, 0.1) is 0 Å². The number of nitrogens with zero attached hydrogens (tertiary/aromatic N) is 3. The molecule has 0 aliphatic rings. The molecule has 0 N–H and O–H groups in total. The summed E-state index contributed by atoms with van der Waals surface area (Å²) in [7, 11) is 0. The Morgan fingerprint density at radius 1 is 1.43 bits per heavy atom. The van der Waals surface area contributed by atoms with E-state index in [0.29, 0.717) is 13.1 Å². The van der Waals surface area contributed by atoms with Crippen molar-refractivity contribution in [2.45, 2.75) is 19.4 Å². The number of amides is 1. The Balaban J connectivity index is 2.00. The monoisotopic (exact) mass is 283 g/mol. The van der Waals surface area contributed by atoms with Gasteiger partial charge in [0.25, 0.3) is 0 Å². The summed E-state index contributed by atoms with van der Waals surface area (Å²) in [5.74, 6) is 0.0869. The largest absolute Gasteiger partial charge is 0.337 e. The van der Waals surface area contributed by atoms with Gasteiger partial charge < -0.3 is 9.47 Å². The van der Waals surface area contributed by atoms with E-state index in [9.17, 15) is 4.79 Å². The van der Waals surface area contributed by atoms with Crippen molar-refractivity contribution >= 4 is 5.91 Å². The van der Waals surface area contributed by atoms with Crippen molar-refractivity contribution in [3.8, 4) is 0 Å².